The Labute approximate surface area is 127 Å². The Morgan fingerprint density at radius 3 is 2.71 bits per heavy atom. The first kappa shape index (κ1) is 15.8. The van der Waals surface area contributed by atoms with Crippen LogP contribution in [0.25, 0.3) is 11.3 Å². The topological polar surface area (TPSA) is 58.5 Å². The zero-order valence-electron chi connectivity index (χ0n) is 13.8. The Kier molecular flexibility index (Phi) is 5.17. The van der Waals surface area contributed by atoms with Crippen molar-refractivity contribution in [3.8, 4) is 11.3 Å². The van der Waals surface area contributed by atoms with Gasteiger partial charge in [0.1, 0.15) is 5.82 Å². The summed E-state index contributed by atoms with van der Waals surface area (Å²) < 4.78 is 2.04. The van der Waals surface area contributed by atoms with Crippen molar-refractivity contribution in [1.29, 1.82) is 0 Å². The molecule has 0 aliphatic carbocycles. The highest BCUT2D eigenvalue weighted by Gasteiger charge is 2.14. The monoisotopic (exact) mass is 289 g/mol. The lowest BCUT2D eigenvalue weighted by Crippen LogP contribution is -2.24. The Morgan fingerprint density at radius 2 is 2.10 bits per heavy atom. The number of rotatable bonds is 7. The van der Waals surface area contributed by atoms with Gasteiger partial charge in [0.25, 0.3) is 0 Å². The molecule has 5 nitrogen and oxygen atoms in total. The summed E-state index contributed by atoms with van der Waals surface area (Å²) in [6.45, 7) is 12.6. The summed E-state index contributed by atoms with van der Waals surface area (Å²) in [6.07, 6.45) is 4.00. The molecule has 2 aromatic heterocycles. The first-order valence-corrected chi connectivity index (χ1v) is 7.84. The summed E-state index contributed by atoms with van der Waals surface area (Å²) >= 11 is 0. The molecule has 0 saturated heterocycles. The minimum atomic E-state index is 0.544. The largest absolute Gasteiger partial charge is 0.342 e. The van der Waals surface area contributed by atoms with E-state index in [0.29, 0.717) is 6.04 Å². The van der Waals surface area contributed by atoms with Gasteiger partial charge in [0.15, 0.2) is 0 Å². The number of H-pyrrole nitrogens is 1. The van der Waals surface area contributed by atoms with Crippen molar-refractivity contribution in [2.45, 2.75) is 60.0 Å². The van der Waals surface area contributed by atoms with Gasteiger partial charge in [0, 0.05) is 30.3 Å². The molecule has 0 fully saturated rings. The standard InChI is InChI=1S/C16H27N5/c1-6-21-13(5)16(12(4)20-21)14-10-18-15(19-14)8-7-9-17-11(2)3/h10-11,17H,6-9H2,1-5H3,(H,18,19). The van der Waals surface area contributed by atoms with Crippen LogP contribution in [0.3, 0.4) is 0 Å². The van der Waals surface area contributed by atoms with Crippen LogP contribution in [0, 0.1) is 13.8 Å². The number of nitrogens with one attached hydrogen (secondary N) is 2. The van der Waals surface area contributed by atoms with E-state index in [1.54, 1.807) is 0 Å². The Morgan fingerprint density at radius 1 is 1.33 bits per heavy atom. The van der Waals surface area contributed by atoms with E-state index < -0.39 is 0 Å². The lowest BCUT2D eigenvalue weighted by Gasteiger charge is -2.06. The number of imidazole rings is 1. The summed E-state index contributed by atoms with van der Waals surface area (Å²) in [6, 6.07) is 0.544. The van der Waals surface area contributed by atoms with Crippen molar-refractivity contribution >= 4 is 0 Å². The van der Waals surface area contributed by atoms with E-state index in [4.69, 9.17) is 0 Å². The number of nitrogens with zero attached hydrogens (tertiary/aromatic N) is 3. The Balaban J connectivity index is 2.04. The molecule has 0 aliphatic heterocycles. The normalized spacial score (nSPS) is 11.5. The number of aryl methyl sites for hydroxylation is 3. The average Bonchev–Trinajstić information content (AvgIpc) is 2.99. The predicted octanol–water partition coefficient (Wildman–Crippen LogP) is 2.84. The van der Waals surface area contributed by atoms with E-state index in [1.807, 2.05) is 10.9 Å². The van der Waals surface area contributed by atoms with E-state index >= 15 is 0 Å². The van der Waals surface area contributed by atoms with Gasteiger partial charge in [-0.25, -0.2) is 4.98 Å². The minimum absolute atomic E-state index is 0.544. The van der Waals surface area contributed by atoms with Gasteiger partial charge >= 0.3 is 0 Å². The average molecular weight is 289 g/mol. The summed E-state index contributed by atoms with van der Waals surface area (Å²) in [5.74, 6) is 1.05. The molecular weight excluding hydrogens is 262 g/mol. The smallest absolute Gasteiger partial charge is 0.106 e. The molecule has 0 saturated carbocycles. The summed E-state index contributed by atoms with van der Waals surface area (Å²) in [5.41, 5.74) is 4.53. The quantitative estimate of drug-likeness (QED) is 0.771. The second-order valence-electron chi connectivity index (χ2n) is 5.82. The molecule has 0 bridgehead atoms. The SMILES string of the molecule is CCn1nc(C)c(-c2cnc(CCCNC(C)C)[nH]2)c1C. The van der Waals surface area contributed by atoms with Crippen molar-refractivity contribution < 1.29 is 0 Å². The second kappa shape index (κ2) is 6.89. The van der Waals surface area contributed by atoms with Crippen LogP contribution < -0.4 is 5.32 Å². The molecule has 2 N–H and O–H groups in total. The van der Waals surface area contributed by atoms with Gasteiger partial charge in [-0.15, -0.1) is 0 Å². The molecule has 0 aromatic carbocycles. The van der Waals surface area contributed by atoms with Crippen LogP contribution in [0.4, 0.5) is 0 Å². The van der Waals surface area contributed by atoms with Gasteiger partial charge in [-0.2, -0.15) is 5.10 Å². The minimum Gasteiger partial charge on any atom is -0.342 e. The van der Waals surface area contributed by atoms with Crippen molar-refractivity contribution in [1.82, 2.24) is 25.1 Å². The van der Waals surface area contributed by atoms with Crippen molar-refractivity contribution in [2.75, 3.05) is 6.54 Å². The van der Waals surface area contributed by atoms with Crippen molar-refractivity contribution in [3.05, 3.63) is 23.4 Å². The highest BCUT2D eigenvalue weighted by Crippen LogP contribution is 2.25. The molecule has 2 rings (SSSR count). The molecule has 0 radical (unpaired) electrons. The number of hydrogen-bond acceptors (Lipinski definition) is 3. The fraction of sp³-hybridized carbons (Fsp3) is 0.625. The lowest BCUT2D eigenvalue weighted by atomic mass is 10.1. The van der Waals surface area contributed by atoms with E-state index in [-0.39, 0.29) is 0 Å². The second-order valence-corrected chi connectivity index (χ2v) is 5.82. The summed E-state index contributed by atoms with van der Waals surface area (Å²) in [7, 11) is 0. The molecule has 116 valence electrons. The van der Waals surface area contributed by atoms with Gasteiger partial charge in [0.2, 0.25) is 0 Å². The van der Waals surface area contributed by atoms with Gasteiger partial charge in [-0.3, -0.25) is 4.68 Å². The first-order valence-electron chi connectivity index (χ1n) is 7.84. The lowest BCUT2D eigenvalue weighted by molar-refractivity contribution is 0.567. The van der Waals surface area contributed by atoms with Gasteiger partial charge in [0.05, 0.1) is 17.6 Å². The molecule has 21 heavy (non-hydrogen) atoms. The fourth-order valence-electron chi connectivity index (χ4n) is 2.66. The molecule has 0 aliphatic rings. The maximum Gasteiger partial charge on any atom is 0.106 e. The third-order valence-corrected chi connectivity index (χ3v) is 3.72. The third-order valence-electron chi connectivity index (χ3n) is 3.72. The van der Waals surface area contributed by atoms with Crippen molar-refractivity contribution in [3.63, 3.8) is 0 Å². The van der Waals surface area contributed by atoms with Crippen LogP contribution in [0.2, 0.25) is 0 Å². The fourth-order valence-corrected chi connectivity index (χ4v) is 2.66. The molecule has 2 heterocycles. The maximum atomic E-state index is 4.57. The zero-order valence-corrected chi connectivity index (χ0v) is 13.8. The zero-order chi connectivity index (χ0) is 15.4. The number of aromatic amines is 1. The predicted molar refractivity (Wildman–Crippen MR) is 86.4 cm³/mol. The van der Waals surface area contributed by atoms with Gasteiger partial charge < -0.3 is 10.3 Å². The van der Waals surface area contributed by atoms with Crippen LogP contribution in [-0.2, 0) is 13.0 Å². The molecular formula is C16H27N5. The van der Waals surface area contributed by atoms with Crippen molar-refractivity contribution in [2.24, 2.45) is 0 Å². The molecule has 0 spiro atoms. The molecule has 0 amide bonds. The third kappa shape index (κ3) is 3.73. The highest BCUT2D eigenvalue weighted by molar-refractivity contribution is 5.64. The molecule has 0 atom stereocenters. The highest BCUT2D eigenvalue weighted by atomic mass is 15.3. The first-order chi connectivity index (χ1) is 10.0. The van der Waals surface area contributed by atoms with Crippen LogP contribution in [0.1, 0.15) is 44.4 Å². The van der Waals surface area contributed by atoms with Gasteiger partial charge in [-0.05, 0) is 33.7 Å². The van der Waals surface area contributed by atoms with Crippen LogP contribution in [0.5, 0.6) is 0 Å². The maximum absolute atomic E-state index is 4.57. The van der Waals surface area contributed by atoms with Crippen LogP contribution >= 0.6 is 0 Å². The summed E-state index contributed by atoms with van der Waals surface area (Å²) in [4.78, 5) is 7.95. The van der Waals surface area contributed by atoms with Crippen LogP contribution in [-0.4, -0.2) is 32.3 Å². The number of hydrogen-bond donors (Lipinski definition) is 2. The Hall–Kier alpha value is -1.62. The molecule has 5 heteroatoms. The van der Waals surface area contributed by atoms with E-state index in [1.165, 1.54) is 11.3 Å². The Bertz CT molecular complexity index is 580. The molecule has 0 unspecified atom stereocenters. The van der Waals surface area contributed by atoms with Crippen LogP contribution in [0.15, 0.2) is 6.20 Å². The van der Waals surface area contributed by atoms with E-state index in [0.717, 1.165) is 43.1 Å². The van der Waals surface area contributed by atoms with Gasteiger partial charge in [-0.1, -0.05) is 13.8 Å². The number of aromatic nitrogens is 4. The molecule has 2 aromatic rings. The van der Waals surface area contributed by atoms with E-state index in [9.17, 15) is 0 Å². The summed E-state index contributed by atoms with van der Waals surface area (Å²) in [5, 5.41) is 8.00. The van der Waals surface area contributed by atoms with E-state index in [2.05, 4.69) is 55.0 Å².